The van der Waals surface area contributed by atoms with Crippen molar-refractivity contribution in [2.75, 3.05) is 18.8 Å². The topological polar surface area (TPSA) is 12.0 Å². The number of nitrogens with one attached hydrogen (secondary N) is 1. The summed E-state index contributed by atoms with van der Waals surface area (Å²) >= 11 is 3.50. The molecule has 1 N–H and O–H groups in total. The zero-order valence-electron chi connectivity index (χ0n) is 12.0. The molecule has 0 aromatic heterocycles. The van der Waals surface area contributed by atoms with Crippen LogP contribution in [0.3, 0.4) is 0 Å². The van der Waals surface area contributed by atoms with Gasteiger partial charge in [0.15, 0.2) is 0 Å². The van der Waals surface area contributed by atoms with Gasteiger partial charge in [-0.3, -0.25) is 0 Å². The van der Waals surface area contributed by atoms with Crippen LogP contribution >= 0.6 is 27.7 Å². The normalized spacial score (nSPS) is 13.4. The third kappa shape index (κ3) is 9.42. The second-order valence-electron chi connectivity index (χ2n) is 4.99. The van der Waals surface area contributed by atoms with Gasteiger partial charge in [0.2, 0.25) is 0 Å². The molecule has 6 heteroatoms. The van der Waals surface area contributed by atoms with Gasteiger partial charge in [-0.1, -0.05) is 46.7 Å². The molecule has 0 bridgehead atoms. The first kappa shape index (κ1) is 18.8. The fourth-order valence-electron chi connectivity index (χ4n) is 2.10. The summed E-state index contributed by atoms with van der Waals surface area (Å²) in [7, 11) is 0. The summed E-state index contributed by atoms with van der Waals surface area (Å²) in [6.45, 7) is 3.75. The molecule has 21 heavy (non-hydrogen) atoms. The van der Waals surface area contributed by atoms with Gasteiger partial charge in [-0.05, 0) is 56.0 Å². The summed E-state index contributed by atoms with van der Waals surface area (Å²) in [5.41, 5.74) is -2.97. The van der Waals surface area contributed by atoms with E-state index in [-0.39, 0.29) is 23.4 Å². The molecule has 1 nitrogen and oxygen atoms in total. The van der Waals surface area contributed by atoms with Gasteiger partial charge in [0, 0.05) is 10.2 Å². The molecule has 1 aromatic rings. The third-order valence-electron chi connectivity index (χ3n) is 3.07. The van der Waals surface area contributed by atoms with Crippen LogP contribution in [-0.2, 0) is 6.42 Å². The van der Waals surface area contributed by atoms with E-state index in [4.69, 9.17) is 0 Å². The molecule has 0 aliphatic carbocycles. The zero-order chi connectivity index (χ0) is 15.7. The van der Waals surface area contributed by atoms with Crippen molar-refractivity contribution in [3.05, 3.63) is 34.3 Å². The van der Waals surface area contributed by atoms with E-state index >= 15 is 0 Å². The predicted molar refractivity (Wildman–Crippen MR) is 87.6 cm³/mol. The Morgan fingerprint density at radius 2 is 2.10 bits per heavy atom. The summed E-state index contributed by atoms with van der Waals surface area (Å²) in [6.07, 6.45) is 2.39. The van der Waals surface area contributed by atoms with Crippen molar-refractivity contribution in [1.82, 2.24) is 5.32 Å². The Kier molecular flexibility index (Phi) is 8.74. The average molecular weight is 384 g/mol. The molecule has 120 valence electrons. The molecule has 1 rings (SSSR count). The van der Waals surface area contributed by atoms with Crippen LogP contribution in [0.15, 0.2) is 28.7 Å². The quantitative estimate of drug-likeness (QED) is 0.584. The Morgan fingerprint density at radius 1 is 1.33 bits per heavy atom. The lowest BCUT2D eigenvalue weighted by Gasteiger charge is -2.18. The first-order valence-electron chi connectivity index (χ1n) is 7.06. The van der Waals surface area contributed by atoms with Crippen LogP contribution < -0.4 is 5.32 Å². The average Bonchev–Trinajstić information content (AvgIpc) is 2.37. The lowest BCUT2D eigenvalue weighted by molar-refractivity contribution is -0.0328. The minimum absolute atomic E-state index is 0.0778. The lowest BCUT2D eigenvalue weighted by atomic mass is 9.97. The molecule has 1 unspecified atom stereocenters. The van der Waals surface area contributed by atoms with Gasteiger partial charge in [0.25, 0.3) is 0 Å². The molecule has 1 aromatic carbocycles. The Bertz CT molecular complexity index is 412. The number of alkyl halides is 3. The highest BCUT2D eigenvalue weighted by Crippen LogP contribution is 2.31. The van der Waals surface area contributed by atoms with E-state index in [0.717, 1.165) is 36.0 Å². The Balaban J connectivity index is 2.50. The molecule has 0 amide bonds. The van der Waals surface area contributed by atoms with Crippen molar-refractivity contribution in [2.24, 2.45) is 5.92 Å². The molecule has 0 saturated heterocycles. The van der Waals surface area contributed by atoms with E-state index in [0.29, 0.717) is 6.42 Å². The van der Waals surface area contributed by atoms with E-state index < -0.39 is 5.51 Å². The van der Waals surface area contributed by atoms with Gasteiger partial charge >= 0.3 is 5.51 Å². The van der Waals surface area contributed by atoms with Crippen LogP contribution in [0.1, 0.15) is 25.3 Å². The highest BCUT2D eigenvalue weighted by Gasteiger charge is 2.28. The van der Waals surface area contributed by atoms with E-state index in [9.17, 15) is 13.2 Å². The maximum Gasteiger partial charge on any atom is 0.441 e. The maximum absolute atomic E-state index is 12.2. The highest BCUT2D eigenvalue weighted by atomic mass is 79.9. The molecule has 0 saturated carbocycles. The van der Waals surface area contributed by atoms with Crippen LogP contribution in [0.2, 0.25) is 0 Å². The van der Waals surface area contributed by atoms with Crippen molar-refractivity contribution in [3.63, 3.8) is 0 Å². The summed E-state index contributed by atoms with van der Waals surface area (Å²) < 4.78 is 37.7. The number of benzene rings is 1. The molecular weight excluding hydrogens is 363 g/mol. The molecule has 0 fully saturated rings. The second kappa shape index (κ2) is 9.74. The van der Waals surface area contributed by atoms with Crippen molar-refractivity contribution >= 4 is 27.7 Å². The van der Waals surface area contributed by atoms with Gasteiger partial charge < -0.3 is 5.32 Å². The van der Waals surface area contributed by atoms with E-state index in [1.165, 1.54) is 0 Å². The first-order valence-corrected chi connectivity index (χ1v) is 8.84. The molecule has 1 atom stereocenters. The SMILES string of the molecule is CCCNCC(CCSC(F)(F)F)Cc1cccc(Br)c1. The van der Waals surface area contributed by atoms with Gasteiger partial charge in [-0.2, -0.15) is 13.2 Å². The number of rotatable bonds is 9. The molecule has 0 aliphatic rings. The summed E-state index contributed by atoms with van der Waals surface area (Å²) in [4.78, 5) is 0. The van der Waals surface area contributed by atoms with Gasteiger partial charge in [-0.25, -0.2) is 0 Å². The summed E-state index contributed by atoms with van der Waals surface area (Å²) in [5, 5.41) is 3.32. The van der Waals surface area contributed by atoms with Crippen molar-refractivity contribution < 1.29 is 13.2 Å². The number of hydrogen-bond donors (Lipinski definition) is 1. The fraction of sp³-hybridized carbons (Fsp3) is 0.600. The fourth-order valence-corrected chi connectivity index (χ4v) is 3.23. The van der Waals surface area contributed by atoms with Crippen LogP contribution in [0.25, 0.3) is 0 Å². The maximum atomic E-state index is 12.2. The number of thioether (sulfide) groups is 1. The van der Waals surface area contributed by atoms with Crippen molar-refractivity contribution in [3.8, 4) is 0 Å². The monoisotopic (exact) mass is 383 g/mol. The van der Waals surface area contributed by atoms with E-state index in [1.54, 1.807) is 0 Å². The number of hydrogen-bond acceptors (Lipinski definition) is 2. The highest BCUT2D eigenvalue weighted by molar-refractivity contribution is 9.10. The largest absolute Gasteiger partial charge is 0.441 e. The van der Waals surface area contributed by atoms with Crippen molar-refractivity contribution in [1.29, 1.82) is 0 Å². The summed E-state index contributed by atoms with van der Waals surface area (Å²) in [6, 6.07) is 7.96. The minimum atomic E-state index is -4.13. The lowest BCUT2D eigenvalue weighted by Crippen LogP contribution is -2.25. The molecule has 0 spiro atoms. The Labute approximate surface area is 137 Å². The Hall–Kier alpha value is -0.200. The van der Waals surface area contributed by atoms with Crippen LogP contribution in [0.4, 0.5) is 13.2 Å². The number of halogens is 4. The van der Waals surface area contributed by atoms with E-state index in [1.807, 2.05) is 24.3 Å². The van der Waals surface area contributed by atoms with Crippen molar-refractivity contribution in [2.45, 2.75) is 31.7 Å². The molecule has 0 aliphatic heterocycles. The molecule has 0 radical (unpaired) electrons. The van der Waals surface area contributed by atoms with E-state index in [2.05, 4.69) is 28.2 Å². The van der Waals surface area contributed by atoms with Crippen LogP contribution in [0.5, 0.6) is 0 Å². The standard InChI is InChI=1S/C15H21BrF3NS/c1-2-7-20-11-13(6-8-21-15(17,18)19)9-12-4-3-5-14(16)10-12/h3-5,10,13,20H,2,6-9,11H2,1H3. The third-order valence-corrected chi connectivity index (χ3v) is 4.33. The minimum Gasteiger partial charge on any atom is -0.316 e. The van der Waals surface area contributed by atoms with Gasteiger partial charge in [0.05, 0.1) is 0 Å². The summed E-state index contributed by atoms with van der Waals surface area (Å²) in [5.74, 6) is 0.344. The van der Waals surface area contributed by atoms with Gasteiger partial charge in [0.1, 0.15) is 0 Å². The van der Waals surface area contributed by atoms with Crippen LogP contribution in [0, 0.1) is 5.92 Å². The van der Waals surface area contributed by atoms with Crippen LogP contribution in [-0.4, -0.2) is 24.4 Å². The first-order chi connectivity index (χ1) is 9.90. The smallest absolute Gasteiger partial charge is 0.316 e. The predicted octanol–water partition coefficient (Wildman–Crippen LogP) is 5.25. The van der Waals surface area contributed by atoms with Gasteiger partial charge in [-0.15, -0.1) is 0 Å². The zero-order valence-corrected chi connectivity index (χ0v) is 14.5. The Morgan fingerprint density at radius 3 is 2.71 bits per heavy atom. The second-order valence-corrected chi connectivity index (χ2v) is 7.06. The molecular formula is C15H21BrF3NS. The molecule has 0 heterocycles.